The number of likely N-dealkylation sites (N-methyl/N-ethyl adjacent to an activating group) is 1. The Balaban J connectivity index is 1.70. The van der Waals surface area contributed by atoms with Crippen molar-refractivity contribution in [3.8, 4) is 17.6 Å². The lowest BCUT2D eigenvalue weighted by Gasteiger charge is -2.33. The second kappa shape index (κ2) is 8.70. The number of ether oxygens (including phenoxy) is 2. The number of hydrogen-bond acceptors (Lipinski definition) is 6. The van der Waals surface area contributed by atoms with Gasteiger partial charge in [0.05, 0.1) is 23.2 Å². The topological polar surface area (TPSA) is 61.6 Å². The van der Waals surface area contributed by atoms with Crippen molar-refractivity contribution < 1.29 is 13.9 Å². The number of halogens is 2. The molecule has 8 heteroatoms. The van der Waals surface area contributed by atoms with Crippen LogP contribution in [0.2, 0.25) is 5.02 Å². The van der Waals surface area contributed by atoms with E-state index in [1.54, 1.807) is 12.1 Å². The number of rotatable bonds is 6. The van der Waals surface area contributed by atoms with Crippen molar-refractivity contribution in [2.24, 2.45) is 0 Å². The number of methoxy groups -OCH3 is 1. The average molecular weight is 393 g/mol. The molecule has 1 aromatic heterocycles. The van der Waals surface area contributed by atoms with Gasteiger partial charge in [0.25, 0.3) is 0 Å². The summed E-state index contributed by atoms with van der Waals surface area (Å²) >= 11 is 6.24. The van der Waals surface area contributed by atoms with Crippen LogP contribution >= 0.6 is 11.6 Å². The van der Waals surface area contributed by atoms with Crippen LogP contribution in [0, 0.1) is 11.3 Å². The van der Waals surface area contributed by atoms with E-state index in [-0.39, 0.29) is 12.2 Å². The summed E-state index contributed by atoms with van der Waals surface area (Å²) in [5.74, 6) is 0.826. The summed E-state index contributed by atoms with van der Waals surface area (Å²) in [6, 6.07) is 5.32. The summed E-state index contributed by atoms with van der Waals surface area (Å²) < 4.78 is 25.4. The van der Waals surface area contributed by atoms with Crippen LogP contribution in [0.5, 0.6) is 11.5 Å². The number of nitriles is 1. The van der Waals surface area contributed by atoms with Crippen LogP contribution in [0.1, 0.15) is 5.56 Å². The largest absolute Gasteiger partial charge is 0.493 e. The van der Waals surface area contributed by atoms with Crippen molar-refractivity contribution in [3.63, 3.8) is 0 Å². The summed E-state index contributed by atoms with van der Waals surface area (Å²) in [4.78, 5) is 8.57. The van der Waals surface area contributed by atoms with Crippen molar-refractivity contribution in [2.45, 2.75) is 6.17 Å². The van der Waals surface area contributed by atoms with Crippen molar-refractivity contribution in [1.82, 2.24) is 14.8 Å². The Bertz CT molecular complexity index is 850. The first kappa shape index (κ1) is 19.6. The first-order valence-corrected chi connectivity index (χ1v) is 9.13. The van der Waals surface area contributed by atoms with Crippen molar-refractivity contribution in [1.29, 1.82) is 5.26 Å². The average Bonchev–Trinajstić information content (AvgIpc) is 2.68. The molecule has 1 saturated heterocycles. The Morgan fingerprint density at radius 1 is 1.30 bits per heavy atom. The summed E-state index contributed by atoms with van der Waals surface area (Å²) in [6.07, 6.45) is 0.304. The van der Waals surface area contributed by atoms with Gasteiger partial charge in [-0.15, -0.1) is 0 Å². The monoisotopic (exact) mass is 392 g/mol. The molecule has 1 fully saturated rings. The highest BCUT2D eigenvalue weighted by Gasteiger charge is 2.19. The van der Waals surface area contributed by atoms with Gasteiger partial charge in [0.2, 0.25) is 0 Å². The van der Waals surface area contributed by atoms with E-state index in [9.17, 15) is 4.39 Å². The molecule has 3 rings (SSSR count). The molecule has 1 aliphatic heterocycles. The number of piperazine rings is 1. The van der Waals surface area contributed by atoms with E-state index in [0.29, 0.717) is 34.0 Å². The first-order valence-electron chi connectivity index (χ1n) is 8.76. The van der Waals surface area contributed by atoms with Gasteiger partial charge in [0.15, 0.2) is 11.5 Å². The minimum absolute atomic E-state index is 0.0712. The Kier molecular flexibility index (Phi) is 6.32. The third-order valence-electron chi connectivity index (χ3n) is 4.68. The van der Waals surface area contributed by atoms with Crippen LogP contribution in [0.15, 0.2) is 18.3 Å². The summed E-state index contributed by atoms with van der Waals surface area (Å²) in [7, 11) is 3.57. The van der Waals surface area contributed by atoms with Gasteiger partial charge in [0.1, 0.15) is 18.8 Å². The summed E-state index contributed by atoms with van der Waals surface area (Å²) in [5, 5.41) is 9.98. The highest BCUT2D eigenvalue weighted by atomic mass is 35.5. The van der Waals surface area contributed by atoms with Gasteiger partial charge in [-0.25, -0.2) is 4.39 Å². The maximum absolute atomic E-state index is 14.4. The van der Waals surface area contributed by atoms with E-state index >= 15 is 0 Å². The molecule has 1 aliphatic rings. The van der Waals surface area contributed by atoms with Crippen molar-refractivity contribution in [3.05, 3.63) is 28.9 Å². The lowest BCUT2D eigenvalue weighted by molar-refractivity contribution is 0.0981. The second-order valence-corrected chi connectivity index (χ2v) is 7.01. The molecule has 2 aromatic rings. The highest BCUT2D eigenvalue weighted by Crippen LogP contribution is 2.35. The molecule has 0 spiro atoms. The first-order chi connectivity index (χ1) is 13.0. The molecule has 0 bridgehead atoms. The number of nitrogens with zero attached hydrogens (tertiary/aromatic N) is 4. The van der Waals surface area contributed by atoms with E-state index in [4.69, 9.17) is 26.3 Å². The van der Waals surface area contributed by atoms with Crippen LogP contribution in [-0.2, 0) is 0 Å². The molecule has 0 aliphatic carbocycles. The maximum atomic E-state index is 14.4. The van der Waals surface area contributed by atoms with Gasteiger partial charge in [-0.2, -0.15) is 5.26 Å². The van der Waals surface area contributed by atoms with E-state index in [1.165, 1.54) is 13.3 Å². The fraction of sp³-hybridized carbons (Fsp3) is 0.474. The number of benzene rings is 1. The Hall–Kier alpha value is -2.14. The maximum Gasteiger partial charge on any atom is 0.163 e. The van der Waals surface area contributed by atoms with Crippen LogP contribution < -0.4 is 9.47 Å². The standard InChI is InChI=1S/C19H22ClFN4O2/c1-24-3-5-25(6-4-24)11-14(21)12-27-18-8-16-15(7-17(18)26-2)19(20)13(9-22)10-23-16/h7-8,10,14H,3-6,11-12H2,1-2H3/t14-/m1/s1. The van der Waals surface area contributed by atoms with E-state index in [1.807, 2.05) is 6.07 Å². The second-order valence-electron chi connectivity index (χ2n) is 6.63. The molecule has 0 radical (unpaired) electrons. The molecular weight excluding hydrogens is 371 g/mol. The molecule has 0 amide bonds. The molecule has 1 aromatic carbocycles. The Morgan fingerprint density at radius 2 is 2.04 bits per heavy atom. The number of fused-ring (bicyclic) bond motifs is 1. The lowest BCUT2D eigenvalue weighted by atomic mass is 10.1. The normalized spacial score (nSPS) is 16.9. The summed E-state index contributed by atoms with van der Waals surface area (Å²) in [6.45, 7) is 3.89. The van der Waals surface area contributed by atoms with Crippen molar-refractivity contribution in [2.75, 3.05) is 53.5 Å². The number of alkyl halides is 1. The van der Waals surface area contributed by atoms with Gasteiger partial charge < -0.3 is 14.4 Å². The molecule has 0 N–H and O–H groups in total. The molecular formula is C19H22ClFN4O2. The van der Waals surface area contributed by atoms with E-state index in [2.05, 4.69) is 21.8 Å². The van der Waals surface area contributed by atoms with Crippen LogP contribution in [0.4, 0.5) is 4.39 Å². The predicted octanol–water partition coefficient (Wildman–Crippen LogP) is 2.73. The Labute approximate surface area is 163 Å². The third kappa shape index (κ3) is 4.59. The molecule has 144 valence electrons. The van der Waals surface area contributed by atoms with Crippen LogP contribution in [-0.4, -0.2) is 74.4 Å². The minimum Gasteiger partial charge on any atom is -0.493 e. The lowest BCUT2D eigenvalue weighted by Crippen LogP contribution is -2.47. The smallest absolute Gasteiger partial charge is 0.163 e. The fourth-order valence-electron chi connectivity index (χ4n) is 3.06. The van der Waals surface area contributed by atoms with Gasteiger partial charge >= 0.3 is 0 Å². The zero-order chi connectivity index (χ0) is 19.4. The molecule has 1 atom stereocenters. The van der Waals surface area contributed by atoms with E-state index in [0.717, 1.165) is 26.2 Å². The predicted molar refractivity (Wildman–Crippen MR) is 102 cm³/mol. The molecule has 6 nitrogen and oxygen atoms in total. The number of pyridine rings is 1. The zero-order valence-electron chi connectivity index (χ0n) is 15.4. The molecule has 2 heterocycles. The quantitative estimate of drug-likeness (QED) is 0.753. The van der Waals surface area contributed by atoms with Gasteiger partial charge in [-0.05, 0) is 13.1 Å². The third-order valence-corrected chi connectivity index (χ3v) is 5.09. The zero-order valence-corrected chi connectivity index (χ0v) is 16.2. The number of hydrogen-bond donors (Lipinski definition) is 0. The fourth-order valence-corrected chi connectivity index (χ4v) is 3.30. The number of aromatic nitrogens is 1. The molecule has 0 saturated carbocycles. The molecule has 27 heavy (non-hydrogen) atoms. The minimum atomic E-state index is -1.11. The van der Waals surface area contributed by atoms with Crippen molar-refractivity contribution >= 4 is 22.5 Å². The highest BCUT2D eigenvalue weighted by molar-refractivity contribution is 6.36. The van der Waals surface area contributed by atoms with Gasteiger partial charge in [-0.3, -0.25) is 9.88 Å². The SMILES string of the molecule is COc1cc2c(Cl)c(C#N)cnc2cc1OC[C@H](F)CN1CCN(C)CC1. The van der Waals surface area contributed by atoms with Gasteiger partial charge in [-0.1, -0.05) is 11.6 Å². The Morgan fingerprint density at radius 3 is 2.70 bits per heavy atom. The molecule has 0 unspecified atom stereocenters. The van der Waals surface area contributed by atoms with Crippen LogP contribution in [0.3, 0.4) is 0 Å². The van der Waals surface area contributed by atoms with Crippen LogP contribution in [0.25, 0.3) is 10.9 Å². The van der Waals surface area contributed by atoms with E-state index < -0.39 is 6.17 Å². The van der Waals surface area contributed by atoms with Gasteiger partial charge in [0, 0.05) is 50.4 Å². The summed E-state index contributed by atoms with van der Waals surface area (Å²) in [5.41, 5.74) is 0.847.